The van der Waals surface area contributed by atoms with Gasteiger partial charge in [-0.15, -0.1) is 0 Å². The summed E-state index contributed by atoms with van der Waals surface area (Å²) >= 11 is 0. The summed E-state index contributed by atoms with van der Waals surface area (Å²) in [5.74, 6) is 0.823. The van der Waals surface area contributed by atoms with Crippen LogP contribution in [0.15, 0.2) is 18.3 Å². The van der Waals surface area contributed by atoms with Crippen molar-refractivity contribution >= 4 is 5.78 Å². The van der Waals surface area contributed by atoms with Crippen LogP contribution in [0.3, 0.4) is 0 Å². The molecule has 1 atom stereocenters. The first-order valence-corrected chi connectivity index (χ1v) is 5.36. The summed E-state index contributed by atoms with van der Waals surface area (Å²) in [6.45, 7) is 5.86. The SMILES string of the molecule is Cc1ccc(C(=O)C(C)C2CNC2)cn1. The third-order valence-corrected chi connectivity index (χ3v) is 3.13. The van der Waals surface area contributed by atoms with E-state index < -0.39 is 0 Å². The standard InChI is InChI=1S/C12H16N2O/c1-8-3-4-10(7-14-8)12(15)9(2)11-5-13-6-11/h3-4,7,9,11,13H,5-6H2,1-2H3. The van der Waals surface area contributed by atoms with Crippen molar-refractivity contribution in [3.63, 3.8) is 0 Å². The monoisotopic (exact) mass is 204 g/mol. The van der Waals surface area contributed by atoms with Crippen LogP contribution in [-0.4, -0.2) is 23.9 Å². The van der Waals surface area contributed by atoms with Gasteiger partial charge in [0.2, 0.25) is 0 Å². The number of hydrogen-bond acceptors (Lipinski definition) is 3. The number of aromatic nitrogens is 1. The predicted octanol–water partition coefficient (Wildman–Crippen LogP) is 1.43. The Labute approximate surface area is 89.9 Å². The lowest BCUT2D eigenvalue weighted by atomic mass is 9.84. The number of pyridine rings is 1. The predicted molar refractivity (Wildman–Crippen MR) is 58.8 cm³/mol. The fourth-order valence-corrected chi connectivity index (χ4v) is 1.76. The zero-order valence-electron chi connectivity index (χ0n) is 9.16. The maximum absolute atomic E-state index is 12.0. The second kappa shape index (κ2) is 4.11. The van der Waals surface area contributed by atoms with E-state index in [0.29, 0.717) is 5.92 Å². The van der Waals surface area contributed by atoms with Crippen molar-refractivity contribution < 1.29 is 4.79 Å². The van der Waals surface area contributed by atoms with Crippen LogP contribution in [-0.2, 0) is 0 Å². The van der Waals surface area contributed by atoms with Gasteiger partial charge in [-0.05, 0) is 38.1 Å². The molecule has 1 unspecified atom stereocenters. The van der Waals surface area contributed by atoms with Crippen LogP contribution in [0.2, 0.25) is 0 Å². The molecule has 0 aromatic carbocycles. The third-order valence-electron chi connectivity index (χ3n) is 3.13. The Kier molecular flexibility index (Phi) is 2.82. The van der Waals surface area contributed by atoms with Crippen LogP contribution < -0.4 is 5.32 Å². The normalized spacial score (nSPS) is 18.3. The zero-order chi connectivity index (χ0) is 10.8. The molecule has 0 bridgehead atoms. The quantitative estimate of drug-likeness (QED) is 0.757. The van der Waals surface area contributed by atoms with Gasteiger partial charge in [-0.25, -0.2) is 0 Å². The van der Waals surface area contributed by atoms with Crippen LogP contribution in [0.5, 0.6) is 0 Å². The second-order valence-electron chi connectivity index (χ2n) is 4.26. The van der Waals surface area contributed by atoms with Gasteiger partial charge < -0.3 is 5.32 Å². The van der Waals surface area contributed by atoms with Gasteiger partial charge in [-0.1, -0.05) is 6.92 Å². The van der Waals surface area contributed by atoms with Crippen molar-refractivity contribution in [2.45, 2.75) is 13.8 Å². The van der Waals surface area contributed by atoms with Gasteiger partial charge >= 0.3 is 0 Å². The molecule has 2 heterocycles. The van der Waals surface area contributed by atoms with Crippen molar-refractivity contribution in [1.29, 1.82) is 0 Å². The maximum atomic E-state index is 12.0. The van der Waals surface area contributed by atoms with Crippen LogP contribution in [0.25, 0.3) is 0 Å². The molecule has 1 aromatic rings. The van der Waals surface area contributed by atoms with Crippen molar-refractivity contribution in [2.24, 2.45) is 11.8 Å². The molecule has 1 aliphatic rings. The summed E-state index contributed by atoms with van der Waals surface area (Å²) in [6, 6.07) is 3.76. The van der Waals surface area contributed by atoms with E-state index in [2.05, 4.69) is 10.3 Å². The van der Waals surface area contributed by atoms with Gasteiger partial charge in [-0.2, -0.15) is 0 Å². The zero-order valence-corrected chi connectivity index (χ0v) is 9.16. The average molecular weight is 204 g/mol. The molecule has 0 amide bonds. The number of carbonyl (C=O) groups is 1. The molecule has 3 nitrogen and oxygen atoms in total. The van der Waals surface area contributed by atoms with E-state index in [4.69, 9.17) is 0 Å². The molecule has 0 spiro atoms. The molecule has 15 heavy (non-hydrogen) atoms. The Morgan fingerprint density at radius 1 is 1.53 bits per heavy atom. The molecule has 1 N–H and O–H groups in total. The van der Waals surface area contributed by atoms with Crippen molar-refractivity contribution in [2.75, 3.05) is 13.1 Å². The van der Waals surface area contributed by atoms with Gasteiger partial charge in [0.1, 0.15) is 0 Å². The first-order valence-electron chi connectivity index (χ1n) is 5.36. The highest BCUT2D eigenvalue weighted by Crippen LogP contribution is 2.20. The van der Waals surface area contributed by atoms with E-state index in [1.807, 2.05) is 26.0 Å². The lowest BCUT2D eigenvalue weighted by Gasteiger charge is -2.31. The number of ketones is 1. The highest BCUT2D eigenvalue weighted by molar-refractivity contribution is 5.97. The van der Waals surface area contributed by atoms with Gasteiger partial charge in [0.25, 0.3) is 0 Å². The largest absolute Gasteiger partial charge is 0.316 e. The molecule has 80 valence electrons. The maximum Gasteiger partial charge on any atom is 0.167 e. The number of nitrogens with zero attached hydrogens (tertiary/aromatic N) is 1. The van der Waals surface area contributed by atoms with Gasteiger partial charge in [-0.3, -0.25) is 9.78 Å². The summed E-state index contributed by atoms with van der Waals surface area (Å²) in [4.78, 5) is 16.2. The number of carbonyl (C=O) groups excluding carboxylic acids is 1. The number of aryl methyl sites for hydroxylation is 1. The summed E-state index contributed by atoms with van der Waals surface area (Å²) in [5.41, 5.74) is 1.68. The summed E-state index contributed by atoms with van der Waals surface area (Å²) in [6.07, 6.45) is 1.68. The number of rotatable bonds is 3. The van der Waals surface area contributed by atoms with Crippen LogP contribution in [0.4, 0.5) is 0 Å². The minimum absolute atomic E-state index is 0.107. The number of Topliss-reactive ketones (excluding diaryl/α,β-unsaturated/α-hetero) is 1. The van der Waals surface area contributed by atoms with Crippen molar-refractivity contribution in [1.82, 2.24) is 10.3 Å². The molecule has 3 heteroatoms. The van der Waals surface area contributed by atoms with Crippen LogP contribution in [0.1, 0.15) is 23.0 Å². The molecule has 2 rings (SSSR count). The Morgan fingerprint density at radius 2 is 2.27 bits per heavy atom. The van der Waals surface area contributed by atoms with Crippen LogP contribution >= 0.6 is 0 Å². The van der Waals surface area contributed by atoms with Crippen molar-refractivity contribution in [3.8, 4) is 0 Å². The van der Waals surface area contributed by atoms with E-state index in [0.717, 1.165) is 24.3 Å². The molecule has 1 fully saturated rings. The molecule has 0 saturated carbocycles. The minimum atomic E-state index is 0.107. The average Bonchev–Trinajstić information content (AvgIpc) is 2.15. The van der Waals surface area contributed by atoms with E-state index in [1.54, 1.807) is 6.20 Å². The lowest BCUT2D eigenvalue weighted by Crippen LogP contribution is -2.47. The first-order chi connectivity index (χ1) is 7.18. The highest BCUT2D eigenvalue weighted by atomic mass is 16.1. The Balaban J connectivity index is 2.09. The summed E-state index contributed by atoms with van der Waals surface area (Å²) in [5, 5.41) is 3.19. The Morgan fingerprint density at radius 3 is 2.73 bits per heavy atom. The first kappa shape index (κ1) is 10.3. The number of nitrogens with one attached hydrogen (secondary N) is 1. The fraction of sp³-hybridized carbons (Fsp3) is 0.500. The smallest absolute Gasteiger partial charge is 0.167 e. The summed E-state index contributed by atoms with van der Waals surface area (Å²) < 4.78 is 0. The molecular formula is C12H16N2O. The van der Waals surface area contributed by atoms with Crippen molar-refractivity contribution in [3.05, 3.63) is 29.6 Å². The van der Waals surface area contributed by atoms with E-state index >= 15 is 0 Å². The minimum Gasteiger partial charge on any atom is -0.316 e. The van der Waals surface area contributed by atoms with E-state index in [1.165, 1.54) is 0 Å². The fourth-order valence-electron chi connectivity index (χ4n) is 1.76. The van der Waals surface area contributed by atoms with Gasteiger partial charge in [0.05, 0.1) is 0 Å². The molecule has 1 aliphatic heterocycles. The Hall–Kier alpha value is -1.22. The Bertz CT molecular complexity index is 354. The third kappa shape index (κ3) is 2.07. The molecular weight excluding hydrogens is 188 g/mol. The molecule has 0 radical (unpaired) electrons. The molecule has 1 aromatic heterocycles. The van der Waals surface area contributed by atoms with E-state index in [-0.39, 0.29) is 11.7 Å². The number of hydrogen-bond donors (Lipinski definition) is 1. The highest BCUT2D eigenvalue weighted by Gasteiger charge is 2.29. The second-order valence-corrected chi connectivity index (χ2v) is 4.26. The topological polar surface area (TPSA) is 42.0 Å². The molecule has 0 aliphatic carbocycles. The van der Waals surface area contributed by atoms with Crippen LogP contribution in [0, 0.1) is 18.8 Å². The van der Waals surface area contributed by atoms with Gasteiger partial charge in [0.15, 0.2) is 5.78 Å². The van der Waals surface area contributed by atoms with Gasteiger partial charge in [0, 0.05) is 23.4 Å². The van der Waals surface area contributed by atoms with E-state index in [9.17, 15) is 4.79 Å². The molecule has 1 saturated heterocycles. The summed E-state index contributed by atoms with van der Waals surface area (Å²) in [7, 11) is 0. The lowest BCUT2D eigenvalue weighted by molar-refractivity contribution is 0.0853.